The molecule has 1 amide bonds. The fourth-order valence-corrected chi connectivity index (χ4v) is 2.36. The van der Waals surface area contributed by atoms with Crippen LogP contribution in [0.1, 0.15) is 6.92 Å². The average Bonchev–Trinajstić information content (AvgIpc) is 2.48. The molecule has 1 aliphatic heterocycles. The first-order valence-electron chi connectivity index (χ1n) is 7.34. The minimum Gasteiger partial charge on any atom is -0.406 e. The number of ether oxygens (including phenoxy) is 1. The molecule has 1 aromatic rings. The van der Waals surface area contributed by atoms with Crippen LogP contribution in [-0.2, 0) is 4.79 Å². The third-order valence-electron chi connectivity index (χ3n) is 3.82. The van der Waals surface area contributed by atoms with E-state index in [1.165, 1.54) is 24.3 Å². The SMILES string of the molecule is C[C@H](C(=O)Nc1ccc(OC(F)(F)F)cc1)N1CCN(C)CC1. The number of piperazine rings is 1. The second-order valence-electron chi connectivity index (χ2n) is 5.58. The van der Waals surface area contributed by atoms with Gasteiger partial charge in [-0.2, -0.15) is 0 Å². The van der Waals surface area contributed by atoms with E-state index >= 15 is 0 Å². The maximum Gasteiger partial charge on any atom is 0.573 e. The molecule has 0 saturated carbocycles. The smallest absolute Gasteiger partial charge is 0.406 e. The molecule has 0 spiro atoms. The minimum atomic E-state index is -4.72. The minimum absolute atomic E-state index is 0.181. The van der Waals surface area contributed by atoms with Crippen molar-refractivity contribution in [2.24, 2.45) is 0 Å². The molecule has 1 atom stereocenters. The van der Waals surface area contributed by atoms with Gasteiger partial charge in [-0.15, -0.1) is 13.2 Å². The number of hydrogen-bond donors (Lipinski definition) is 1. The summed E-state index contributed by atoms with van der Waals surface area (Å²) in [5.74, 6) is -0.498. The molecule has 2 rings (SSSR count). The molecule has 23 heavy (non-hydrogen) atoms. The van der Waals surface area contributed by atoms with Crippen molar-refractivity contribution in [3.8, 4) is 5.75 Å². The maximum absolute atomic E-state index is 12.2. The lowest BCUT2D eigenvalue weighted by Gasteiger charge is -2.35. The molecule has 1 heterocycles. The molecule has 0 aliphatic carbocycles. The summed E-state index contributed by atoms with van der Waals surface area (Å²) in [5, 5.41) is 2.71. The Bertz CT molecular complexity index is 526. The quantitative estimate of drug-likeness (QED) is 0.918. The number of rotatable bonds is 4. The Balaban J connectivity index is 1.89. The van der Waals surface area contributed by atoms with Crippen LogP contribution in [0.4, 0.5) is 18.9 Å². The van der Waals surface area contributed by atoms with Gasteiger partial charge in [0.2, 0.25) is 5.91 Å². The first-order valence-corrected chi connectivity index (χ1v) is 7.34. The van der Waals surface area contributed by atoms with Gasteiger partial charge in [0.1, 0.15) is 5.75 Å². The highest BCUT2D eigenvalue weighted by atomic mass is 19.4. The summed E-state index contributed by atoms with van der Waals surface area (Å²) in [6, 6.07) is 4.81. The Labute approximate surface area is 133 Å². The van der Waals surface area contributed by atoms with Crippen LogP contribution in [-0.4, -0.2) is 61.3 Å². The van der Waals surface area contributed by atoms with E-state index in [1.54, 1.807) is 0 Å². The lowest BCUT2D eigenvalue weighted by Crippen LogP contribution is -2.51. The van der Waals surface area contributed by atoms with Crippen LogP contribution in [0.5, 0.6) is 5.75 Å². The van der Waals surface area contributed by atoms with Crippen LogP contribution in [0.25, 0.3) is 0 Å². The molecule has 128 valence electrons. The summed E-state index contributed by atoms with van der Waals surface area (Å²) >= 11 is 0. The molecule has 5 nitrogen and oxygen atoms in total. The summed E-state index contributed by atoms with van der Waals surface area (Å²) in [7, 11) is 2.03. The van der Waals surface area contributed by atoms with E-state index < -0.39 is 6.36 Å². The number of nitrogens with one attached hydrogen (secondary N) is 1. The number of carbonyl (C=O) groups excluding carboxylic acids is 1. The third-order valence-corrected chi connectivity index (χ3v) is 3.82. The predicted molar refractivity (Wildman–Crippen MR) is 80.3 cm³/mol. The first-order chi connectivity index (χ1) is 10.7. The number of benzene rings is 1. The van der Waals surface area contributed by atoms with Gasteiger partial charge in [0.25, 0.3) is 0 Å². The van der Waals surface area contributed by atoms with Crippen molar-refractivity contribution >= 4 is 11.6 Å². The highest BCUT2D eigenvalue weighted by Gasteiger charge is 2.31. The summed E-state index contributed by atoms with van der Waals surface area (Å²) in [6.07, 6.45) is -4.72. The van der Waals surface area contributed by atoms with E-state index in [0.717, 1.165) is 26.2 Å². The van der Waals surface area contributed by atoms with Gasteiger partial charge in [-0.25, -0.2) is 0 Å². The van der Waals surface area contributed by atoms with Crippen molar-refractivity contribution in [3.63, 3.8) is 0 Å². The van der Waals surface area contributed by atoms with E-state index in [4.69, 9.17) is 0 Å². The van der Waals surface area contributed by atoms with Crippen LogP contribution in [0, 0.1) is 0 Å². The number of halogens is 3. The van der Waals surface area contributed by atoms with Gasteiger partial charge in [0, 0.05) is 31.9 Å². The summed E-state index contributed by atoms with van der Waals surface area (Å²) < 4.78 is 40.1. The molecule has 0 aromatic heterocycles. The fourth-order valence-electron chi connectivity index (χ4n) is 2.36. The van der Waals surface area contributed by atoms with Crippen molar-refractivity contribution in [1.82, 2.24) is 9.80 Å². The van der Waals surface area contributed by atoms with Crippen LogP contribution in [0.15, 0.2) is 24.3 Å². The van der Waals surface area contributed by atoms with E-state index in [9.17, 15) is 18.0 Å². The maximum atomic E-state index is 12.2. The predicted octanol–water partition coefficient (Wildman–Crippen LogP) is 2.16. The number of anilines is 1. The molecule has 1 N–H and O–H groups in total. The average molecular weight is 331 g/mol. The first kappa shape index (κ1) is 17.6. The molecule has 1 fully saturated rings. The Morgan fingerprint density at radius 3 is 2.26 bits per heavy atom. The zero-order chi connectivity index (χ0) is 17.0. The lowest BCUT2D eigenvalue weighted by molar-refractivity contribution is -0.274. The Morgan fingerprint density at radius 2 is 1.74 bits per heavy atom. The molecule has 8 heteroatoms. The lowest BCUT2D eigenvalue weighted by atomic mass is 10.2. The van der Waals surface area contributed by atoms with Gasteiger partial charge in [0.15, 0.2) is 0 Å². The van der Waals surface area contributed by atoms with Crippen LogP contribution in [0.3, 0.4) is 0 Å². The Morgan fingerprint density at radius 1 is 1.17 bits per heavy atom. The summed E-state index contributed by atoms with van der Waals surface area (Å²) in [4.78, 5) is 16.5. The number of amides is 1. The largest absolute Gasteiger partial charge is 0.573 e. The van der Waals surface area contributed by atoms with Crippen molar-refractivity contribution in [2.75, 3.05) is 38.5 Å². The zero-order valence-corrected chi connectivity index (χ0v) is 13.1. The molecule has 1 aliphatic rings. The molecular formula is C15H20F3N3O2. The van der Waals surface area contributed by atoms with Gasteiger partial charge < -0.3 is 15.0 Å². The van der Waals surface area contributed by atoms with E-state index in [2.05, 4.69) is 19.9 Å². The normalized spacial score (nSPS) is 18.5. The van der Waals surface area contributed by atoms with E-state index in [-0.39, 0.29) is 17.7 Å². The Hall–Kier alpha value is -1.80. The molecule has 0 radical (unpaired) electrons. The molecule has 1 saturated heterocycles. The van der Waals surface area contributed by atoms with Crippen LogP contribution >= 0.6 is 0 Å². The molecular weight excluding hydrogens is 311 g/mol. The van der Waals surface area contributed by atoms with Crippen molar-refractivity contribution in [1.29, 1.82) is 0 Å². The van der Waals surface area contributed by atoms with Crippen LogP contribution < -0.4 is 10.1 Å². The Kier molecular flexibility index (Phi) is 5.48. The highest BCUT2D eigenvalue weighted by molar-refractivity contribution is 5.94. The van der Waals surface area contributed by atoms with Crippen molar-refractivity contribution in [3.05, 3.63) is 24.3 Å². The van der Waals surface area contributed by atoms with Gasteiger partial charge >= 0.3 is 6.36 Å². The standard InChI is InChI=1S/C15H20F3N3O2/c1-11(21-9-7-20(2)8-10-21)14(22)19-12-3-5-13(6-4-12)23-15(16,17)18/h3-6,11H,7-10H2,1-2H3,(H,19,22)/t11-/m1/s1. The number of alkyl halides is 3. The van der Waals surface area contributed by atoms with Crippen LogP contribution in [0.2, 0.25) is 0 Å². The van der Waals surface area contributed by atoms with Gasteiger partial charge in [-0.3, -0.25) is 9.69 Å². The summed E-state index contributed by atoms with van der Waals surface area (Å²) in [5.41, 5.74) is 0.436. The molecule has 0 bridgehead atoms. The molecule has 0 unspecified atom stereocenters. The van der Waals surface area contributed by atoms with E-state index in [0.29, 0.717) is 5.69 Å². The zero-order valence-electron chi connectivity index (χ0n) is 13.1. The van der Waals surface area contributed by atoms with E-state index in [1.807, 2.05) is 14.0 Å². The second kappa shape index (κ2) is 7.18. The summed E-state index contributed by atoms with van der Waals surface area (Å²) in [6.45, 7) is 5.25. The van der Waals surface area contributed by atoms with Gasteiger partial charge in [-0.05, 0) is 38.2 Å². The van der Waals surface area contributed by atoms with Gasteiger partial charge in [-0.1, -0.05) is 0 Å². The number of nitrogens with zero attached hydrogens (tertiary/aromatic N) is 2. The monoisotopic (exact) mass is 331 g/mol. The topological polar surface area (TPSA) is 44.8 Å². The third kappa shape index (κ3) is 5.40. The number of hydrogen-bond acceptors (Lipinski definition) is 4. The number of likely N-dealkylation sites (N-methyl/N-ethyl adjacent to an activating group) is 1. The van der Waals surface area contributed by atoms with Crippen molar-refractivity contribution < 1.29 is 22.7 Å². The second-order valence-corrected chi connectivity index (χ2v) is 5.58. The van der Waals surface area contributed by atoms with Gasteiger partial charge in [0.05, 0.1) is 6.04 Å². The number of carbonyl (C=O) groups is 1. The fraction of sp³-hybridized carbons (Fsp3) is 0.533. The molecule has 1 aromatic carbocycles. The highest BCUT2D eigenvalue weighted by Crippen LogP contribution is 2.24. The van der Waals surface area contributed by atoms with Crippen molar-refractivity contribution in [2.45, 2.75) is 19.3 Å².